The van der Waals surface area contributed by atoms with E-state index in [1.807, 2.05) is 42.5 Å². The van der Waals surface area contributed by atoms with Crippen LogP contribution in [0.1, 0.15) is 33.9 Å². The van der Waals surface area contributed by atoms with Gasteiger partial charge in [-0.25, -0.2) is 4.99 Å². The Morgan fingerprint density at radius 1 is 0.931 bits per heavy atom. The predicted molar refractivity (Wildman–Crippen MR) is 121 cm³/mol. The van der Waals surface area contributed by atoms with E-state index < -0.39 is 0 Å². The molecule has 0 radical (unpaired) electrons. The maximum atomic E-state index is 5.98. The molecule has 0 amide bonds. The molecule has 0 saturated carbocycles. The van der Waals surface area contributed by atoms with Crippen molar-refractivity contribution >= 4 is 17.3 Å². The van der Waals surface area contributed by atoms with Crippen LogP contribution in [0.2, 0.25) is 0 Å². The third-order valence-corrected chi connectivity index (χ3v) is 5.15. The molecule has 1 heterocycles. The molecule has 3 aromatic carbocycles. The van der Waals surface area contributed by atoms with Crippen molar-refractivity contribution in [3.63, 3.8) is 0 Å². The first-order chi connectivity index (χ1) is 14.1. The molecule has 29 heavy (non-hydrogen) atoms. The number of para-hydroxylation sites is 1. The van der Waals surface area contributed by atoms with E-state index in [0.717, 1.165) is 16.9 Å². The van der Waals surface area contributed by atoms with Gasteiger partial charge in [-0.3, -0.25) is 0 Å². The molecule has 1 unspecified atom stereocenters. The maximum Gasteiger partial charge on any atom is 0.211 e. The molecular weight excluding hydrogens is 356 g/mol. The first kappa shape index (κ1) is 19.0. The van der Waals surface area contributed by atoms with Crippen LogP contribution in [0.5, 0.6) is 0 Å². The van der Waals surface area contributed by atoms with E-state index in [1.165, 1.54) is 22.3 Å². The lowest BCUT2D eigenvalue weighted by Crippen LogP contribution is -2.04. The molecule has 4 rings (SSSR count). The normalized spacial score (nSPS) is 16.3. The average molecular weight is 383 g/mol. The summed E-state index contributed by atoms with van der Waals surface area (Å²) in [4.78, 5) is 4.89. The number of ether oxygens (including phenoxy) is 1. The second kappa shape index (κ2) is 8.36. The average Bonchev–Trinajstić information content (AvgIpc) is 3.16. The zero-order valence-electron chi connectivity index (χ0n) is 17.1. The van der Waals surface area contributed by atoms with E-state index in [0.29, 0.717) is 12.5 Å². The molecule has 0 spiro atoms. The van der Waals surface area contributed by atoms with Crippen molar-refractivity contribution in [2.24, 2.45) is 4.99 Å². The molecule has 1 aliphatic rings. The summed E-state index contributed by atoms with van der Waals surface area (Å²) in [5.41, 5.74) is 8.19. The summed E-state index contributed by atoms with van der Waals surface area (Å²) in [6, 6.07) is 24.9. The Kier molecular flexibility index (Phi) is 5.48. The Morgan fingerprint density at radius 2 is 1.55 bits per heavy atom. The molecule has 0 aliphatic carbocycles. The van der Waals surface area contributed by atoms with Crippen molar-refractivity contribution in [1.29, 1.82) is 0 Å². The van der Waals surface area contributed by atoms with E-state index in [2.05, 4.69) is 62.5 Å². The standard InChI is InChI=1S/C26H26N2O/c1-18-14-19(2)26(20(3)15-18)24-17-29-25(28-24)16-23(21-10-6-4-7-11-21)27-22-12-8-5-9-13-22/h4-16,24,27H,17H2,1-3H3. The Labute approximate surface area is 172 Å². The molecule has 0 saturated heterocycles. The number of nitrogens with one attached hydrogen (secondary N) is 1. The fraction of sp³-hybridized carbons (Fsp3) is 0.192. The number of rotatable bonds is 5. The molecule has 3 heteroatoms. The van der Waals surface area contributed by atoms with Gasteiger partial charge in [0, 0.05) is 11.8 Å². The smallest absolute Gasteiger partial charge is 0.211 e. The molecule has 1 atom stereocenters. The Morgan fingerprint density at radius 3 is 2.21 bits per heavy atom. The highest BCUT2D eigenvalue weighted by Gasteiger charge is 2.23. The van der Waals surface area contributed by atoms with Gasteiger partial charge in [-0.15, -0.1) is 0 Å². The van der Waals surface area contributed by atoms with Crippen molar-refractivity contribution in [3.8, 4) is 0 Å². The van der Waals surface area contributed by atoms with E-state index in [4.69, 9.17) is 9.73 Å². The Hall–Kier alpha value is -3.33. The van der Waals surface area contributed by atoms with E-state index in [1.54, 1.807) is 0 Å². The minimum Gasteiger partial charge on any atom is -0.475 e. The van der Waals surface area contributed by atoms with E-state index >= 15 is 0 Å². The van der Waals surface area contributed by atoms with Crippen LogP contribution in [0.4, 0.5) is 5.69 Å². The lowest BCUT2D eigenvalue weighted by Gasteiger charge is -2.14. The molecule has 0 fully saturated rings. The molecule has 3 aromatic rings. The fourth-order valence-corrected chi connectivity index (χ4v) is 3.95. The molecular formula is C26H26N2O. The lowest BCUT2D eigenvalue weighted by atomic mass is 9.95. The van der Waals surface area contributed by atoms with Gasteiger partial charge >= 0.3 is 0 Å². The number of anilines is 1. The van der Waals surface area contributed by atoms with Crippen LogP contribution in [-0.2, 0) is 4.74 Å². The quantitative estimate of drug-likeness (QED) is 0.567. The number of hydrogen-bond donors (Lipinski definition) is 1. The van der Waals surface area contributed by atoms with Gasteiger partial charge in [-0.1, -0.05) is 66.2 Å². The van der Waals surface area contributed by atoms with Crippen molar-refractivity contribution in [2.75, 3.05) is 11.9 Å². The van der Waals surface area contributed by atoms with Crippen molar-refractivity contribution < 1.29 is 4.74 Å². The summed E-state index contributed by atoms with van der Waals surface area (Å²) in [7, 11) is 0. The van der Waals surface area contributed by atoms with Gasteiger partial charge < -0.3 is 10.1 Å². The first-order valence-electron chi connectivity index (χ1n) is 9.97. The summed E-state index contributed by atoms with van der Waals surface area (Å²) in [6.45, 7) is 7.02. The molecule has 0 aromatic heterocycles. The van der Waals surface area contributed by atoms with Gasteiger partial charge in [0.25, 0.3) is 0 Å². The van der Waals surface area contributed by atoms with Crippen molar-refractivity contribution in [2.45, 2.75) is 26.8 Å². The van der Waals surface area contributed by atoms with Gasteiger partial charge in [0.05, 0.1) is 5.70 Å². The maximum absolute atomic E-state index is 5.98. The monoisotopic (exact) mass is 382 g/mol. The number of aryl methyl sites for hydroxylation is 3. The van der Waals surface area contributed by atoms with Crippen LogP contribution >= 0.6 is 0 Å². The van der Waals surface area contributed by atoms with Crippen LogP contribution < -0.4 is 5.32 Å². The third kappa shape index (κ3) is 4.40. The second-order valence-electron chi connectivity index (χ2n) is 7.52. The fourth-order valence-electron chi connectivity index (χ4n) is 3.95. The highest BCUT2D eigenvalue weighted by atomic mass is 16.5. The summed E-state index contributed by atoms with van der Waals surface area (Å²) in [6.07, 6.45) is 2.00. The summed E-state index contributed by atoms with van der Waals surface area (Å²) >= 11 is 0. The SMILES string of the molecule is Cc1cc(C)c(C2COC(C=C(Nc3ccccc3)c3ccccc3)=N2)c(C)c1. The topological polar surface area (TPSA) is 33.6 Å². The first-order valence-corrected chi connectivity index (χ1v) is 9.97. The number of benzene rings is 3. The lowest BCUT2D eigenvalue weighted by molar-refractivity contribution is 0.320. The van der Waals surface area contributed by atoms with Crippen LogP contribution in [0.25, 0.3) is 5.70 Å². The van der Waals surface area contributed by atoms with E-state index in [9.17, 15) is 0 Å². The van der Waals surface area contributed by atoms with Gasteiger partial charge in [0.1, 0.15) is 12.6 Å². The largest absolute Gasteiger partial charge is 0.475 e. The zero-order valence-corrected chi connectivity index (χ0v) is 17.1. The number of hydrogen-bond acceptors (Lipinski definition) is 3. The van der Waals surface area contributed by atoms with Gasteiger partial charge in [0.2, 0.25) is 5.90 Å². The highest BCUT2D eigenvalue weighted by Crippen LogP contribution is 2.30. The zero-order chi connectivity index (χ0) is 20.2. The van der Waals surface area contributed by atoms with Gasteiger partial charge in [-0.2, -0.15) is 0 Å². The summed E-state index contributed by atoms with van der Waals surface area (Å²) in [5, 5.41) is 3.51. The molecule has 3 nitrogen and oxygen atoms in total. The van der Waals surface area contributed by atoms with Crippen LogP contribution in [0, 0.1) is 20.8 Å². The molecule has 0 bridgehead atoms. The van der Waals surface area contributed by atoms with E-state index in [-0.39, 0.29) is 6.04 Å². The van der Waals surface area contributed by atoms with Crippen LogP contribution in [0.3, 0.4) is 0 Å². The number of aliphatic imine (C=N–C) groups is 1. The van der Waals surface area contributed by atoms with Crippen molar-refractivity contribution in [3.05, 3.63) is 107 Å². The Bertz CT molecular complexity index is 1030. The van der Waals surface area contributed by atoms with Gasteiger partial charge in [-0.05, 0) is 55.2 Å². The minimum absolute atomic E-state index is 0.0376. The van der Waals surface area contributed by atoms with Crippen LogP contribution in [0.15, 0.2) is 83.9 Å². The second-order valence-corrected chi connectivity index (χ2v) is 7.52. The molecule has 1 aliphatic heterocycles. The Balaban J connectivity index is 1.67. The van der Waals surface area contributed by atoms with Crippen molar-refractivity contribution in [1.82, 2.24) is 0 Å². The number of nitrogens with zero attached hydrogens (tertiary/aromatic N) is 1. The van der Waals surface area contributed by atoms with Gasteiger partial charge in [0.15, 0.2) is 0 Å². The molecule has 1 N–H and O–H groups in total. The predicted octanol–water partition coefficient (Wildman–Crippen LogP) is 6.23. The summed E-state index contributed by atoms with van der Waals surface area (Å²) < 4.78 is 5.98. The molecule has 146 valence electrons. The highest BCUT2D eigenvalue weighted by molar-refractivity contribution is 5.98. The summed E-state index contributed by atoms with van der Waals surface area (Å²) in [5.74, 6) is 0.664. The van der Waals surface area contributed by atoms with Crippen LogP contribution in [-0.4, -0.2) is 12.5 Å². The minimum atomic E-state index is 0.0376. The third-order valence-electron chi connectivity index (χ3n) is 5.15.